The van der Waals surface area contributed by atoms with E-state index in [0.29, 0.717) is 11.6 Å². The van der Waals surface area contributed by atoms with Gasteiger partial charge >= 0.3 is 5.88 Å². The molecule has 0 bridgehead atoms. The van der Waals surface area contributed by atoms with Crippen LogP contribution in [0, 0.1) is 10.1 Å². The number of nitrogens with zero attached hydrogens (tertiary/aromatic N) is 4. The highest BCUT2D eigenvalue weighted by Gasteiger charge is 2.15. The standard InChI is InChI=1S/C7H6N4O3/c1-10-4-8-9-7(10)5-2-3-6(14-5)11(12)13/h2-4H,1H3. The summed E-state index contributed by atoms with van der Waals surface area (Å²) in [5, 5.41) is 17.7. The quantitative estimate of drug-likeness (QED) is 0.525. The molecule has 2 rings (SSSR count). The van der Waals surface area contributed by atoms with Gasteiger partial charge in [0.05, 0.1) is 6.07 Å². The van der Waals surface area contributed by atoms with Gasteiger partial charge < -0.3 is 8.98 Å². The molecule has 2 aromatic rings. The van der Waals surface area contributed by atoms with E-state index in [4.69, 9.17) is 4.42 Å². The van der Waals surface area contributed by atoms with Crippen LogP contribution in [0.4, 0.5) is 5.88 Å². The Morgan fingerprint density at radius 1 is 1.57 bits per heavy atom. The molecule has 7 heteroatoms. The maximum Gasteiger partial charge on any atom is 0.433 e. The maximum absolute atomic E-state index is 10.3. The van der Waals surface area contributed by atoms with Crippen LogP contribution in [0.15, 0.2) is 22.9 Å². The number of rotatable bonds is 2. The summed E-state index contributed by atoms with van der Waals surface area (Å²) in [6.45, 7) is 0. The van der Waals surface area contributed by atoms with Crippen LogP contribution >= 0.6 is 0 Å². The van der Waals surface area contributed by atoms with Crippen molar-refractivity contribution in [3.63, 3.8) is 0 Å². The smallest absolute Gasteiger partial charge is 0.397 e. The van der Waals surface area contributed by atoms with Gasteiger partial charge in [-0.25, -0.2) is 0 Å². The highest BCUT2D eigenvalue weighted by atomic mass is 16.6. The van der Waals surface area contributed by atoms with E-state index >= 15 is 0 Å². The summed E-state index contributed by atoms with van der Waals surface area (Å²) in [4.78, 5) is 9.74. The summed E-state index contributed by atoms with van der Waals surface area (Å²) in [5.74, 6) is 0.484. The van der Waals surface area contributed by atoms with Crippen LogP contribution < -0.4 is 0 Å². The van der Waals surface area contributed by atoms with Crippen molar-refractivity contribution in [1.29, 1.82) is 0 Å². The van der Waals surface area contributed by atoms with Gasteiger partial charge in [-0.2, -0.15) is 0 Å². The molecule has 0 N–H and O–H groups in total. The van der Waals surface area contributed by atoms with Crippen molar-refractivity contribution < 1.29 is 9.34 Å². The second-order valence-electron chi connectivity index (χ2n) is 2.66. The van der Waals surface area contributed by atoms with Gasteiger partial charge in [0.2, 0.25) is 0 Å². The molecule has 0 radical (unpaired) electrons. The number of aryl methyl sites for hydroxylation is 1. The lowest BCUT2D eigenvalue weighted by Crippen LogP contribution is -1.89. The van der Waals surface area contributed by atoms with Crippen molar-refractivity contribution >= 4 is 5.88 Å². The third-order valence-corrected chi connectivity index (χ3v) is 1.70. The van der Waals surface area contributed by atoms with Gasteiger partial charge in [-0.1, -0.05) is 0 Å². The summed E-state index contributed by atoms with van der Waals surface area (Å²) >= 11 is 0. The van der Waals surface area contributed by atoms with E-state index in [-0.39, 0.29) is 5.88 Å². The lowest BCUT2D eigenvalue weighted by Gasteiger charge is -1.92. The van der Waals surface area contributed by atoms with Crippen molar-refractivity contribution in [2.24, 2.45) is 7.05 Å². The van der Waals surface area contributed by atoms with Gasteiger partial charge in [0.15, 0.2) is 11.6 Å². The molecule has 7 nitrogen and oxygen atoms in total. The van der Waals surface area contributed by atoms with Crippen molar-refractivity contribution in [3.8, 4) is 11.6 Å². The average molecular weight is 194 g/mol. The Morgan fingerprint density at radius 2 is 2.36 bits per heavy atom. The van der Waals surface area contributed by atoms with Gasteiger partial charge in [-0.15, -0.1) is 10.2 Å². The Bertz CT molecular complexity index is 473. The van der Waals surface area contributed by atoms with E-state index in [0.717, 1.165) is 0 Å². The molecule has 0 unspecified atom stereocenters. The van der Waals surface area contributed by atoms with Crippen molar-refractivity contribution in [3.05, 3.63) is 28.6 Å². The Kier molecular flexibility index (Phi) is 1.77. The SMILES string of the molecule is Cn1cnnc1-c1ccc([N+](=O)[O-])o1. The largest absolute Gasteiger partial charge is 0.433 e. The van der Waals surface area contributed by atoms with Crippen LogP contribution in [0.3, 0.4) is 0 Å². The molecule has 0 aliphatic heterocycles. The highest BCUT2D eigenvalue weighted by Crippen LogP contribution is 2.23. The van der Waals surface area contributed by atoms with Crippen LogP contribution in [0.25, 0.3) is 11.6 Å². The molecule has 0 saturated carbocycles. The summed E-state index contributed by atoms with van der Waals surface area (Å²) in [6.07, 6.45) is 1.49. The zero-order valence-electron chi connectivity index (χ0n) is 7.25. The highest BCUT2D eigenvalue weighted by molar-refractivity contribution is 5.48. The van der Waals surface area contributed by atoms with E-state index < -0.39 is 4.92 Å². The first kappa shape index (κ1) is 8.42. The molecule has 0 aliphatic carbocycles. The Labute approximate surface area is 78.1 Å². The Balaban J connectivity index is 2.43. The normalized spacial score (nSPS) is 10.4. The molecule has 0 spiro atoms. The topological polar surface area (TPSA) is 87.0 Å². The van der Waals surface area contributed by atoms with Crippen LogP contribution in [-0.4, -0.2) is 19.7 Å². The molecule has 0 saturated heterocycles. The van der Waals surface area contributed by atoms with Crippen molar-refractivity contribution in [1.82, 2.24) is 14.8 Å². The van der Waals surface area contributed by atoms with E-state index in [2.05, 4.69) is 10.2 Å². The van der Waals surface area contributed by atoms with Gasteiger partial charge in [-0.05, 0) is 6.07 Å². The minimum Gasteiger partial charge on any atom is -0.397 e. The average Bonchev–Trinajstić information content (AvgIpc) is 2.71. The molecule has 14 heavy (non-hydrogen) atoms. The van der Waals surface area contributed by atoms with Gasteiger partial charge in [-0.3, -0.25) is 10.1 Å². The zero-order valence-corrected chi connectivity index (χ0v) is 7.25. The molecular weight excluding hydrogens is 188 g/mol. The predicted octanol–water partition coefficient (Wildman–Crippen LogP) is 0.983. The van der Waals surface area contributed by atoms with Gasteiger partial charge in [0.1, 0.15) is 11.3 Å². The van der Waals surface area contributed by atoms with Gasteiger partial charge in [0.25, 0.3) is 0 Å². The number of aromatic nitrogens is 3. The fourth-order valence-electron chi connectivity index (χ4n) is 1.05. The van der Waals surface area contributed by atoms with E-state index in [1.165, 1.54) is 18.5 Å². The second kappa shape index (κ2) is 2.95. The molecule has 0 atom stereocenters. The summed E-state index contributed by atoms with van der Waals surface area (Å²) < 4.78 is 6.56. The lowest BCUT2D eigenvalue weighted by atomic mass is 10.4. The third kappa shape index (κ3) is 1.24. The third-order valence-electron chi connectivity index (χ3n) is 1.70. The van der Waals surface area contributed by atoms with Gasteiger partial charge in [0, 0.05) is 7.05 Å². The molecule has 0 fully saturated rings. The first-order chi connectivity index (χ1) is 6.68. The molecule has 0 amide bonds. The summed E-state index contributed by atoms with van der Waals surface area (Å²) in [7, 11) is 1.73. The number of nitro groups is 1. The zero-order chi connectivity index (χ0) is 10.1. The van der Waals surface area contributed by atoms with E-state index in [1.54, 1.807) is 11.6 Å². The molecule has 0 aliphatic rings. The summed E-state index contributed by atoms with van der Waals surface area (Å²) in [5.41, 5.74) is 0. The maximum atomic E-state index is 10.3. The van der Waals surface area contributed by atoms with Crippen LogP contribution in [0.5, 0.6) is 0 Å². The minimum atomic E-state index is -0.597. The van der Waals surface area contributed by atoms with Crippen molar-refractivity contribution in [2.45, 2.75) is 0 Å². The first-order valence-corrected chi connectivity index (χ1v) is 3.77. The van der Waals surface area contributed by atoms with E-state index in [9.17, 15) is 10.1 Å². The van der Waals surface area contributed by atoms with Crippen LogP contribution in [0.2, 0.25) is 0 Å². The Morgan fingerprint density at radius 3 is 2.86 bits per heavy atom. The number of hydrogen-bond acceptors (Lipinski definition) is 5. The molecule has 2 heterocycles. The fourth-order valence-corrected chi connectivity index (χ4v) is 1.05. The monoisotopic (exact) mass is 194 g/mol. The lowest BCUT2D eigenvalue weighted by molar-refractivity contribution is -0.401. The minimum absolute atomic E-state index is 0.303. The number of furan rings is 1. The number of hydrogen-bond donors (Lipinski definition) is 0. The predicted molar refractivity (Wildman–Crippen MR) is 45.4 cm³/mol. The van der Waals surface area contributed by atoms with Crippen LogP contribution in [0.1, 0.15) is 0 Å². The molecular formula is C7H6N4O3. The molecule has 72 valence electrons. The molecule has 2 aromatic heterocycles. The second-order valence-corrected chi connectivity index (χ2v) is 2.66. The van der Waals surface area contributed by atoms with Crippen LogP contribution in [-0.2, 0) is 7.05 Å². The van der Waals surface area contributed by atoms with E-state index in [1.807, 2.05) is 0 Å². The Hall–Kier alpha value is -2.18. The first-order valence-electron chi connectivity index (χ1n) is 3.77. The fraction of sp³-hybridized carbons (Fsp3) is 0.143. The molecule has 0 aromatic carbocycles. The summed E-state index contributed by atoms with van der Waals surface area (Å²) in [6, 6.07) is 2.77. The van der Waals surface area contributed by atoms with Crippen molar-refractivity contribution in [2.75, 3.05) is 0 Å².